The largest absolute Gasteiger partial charge is 0.381 e. The van der Waals surface area contributed by atoms with Crippen molar-refractivity contribution in [3.05, 3.63) is 29.3 Å². The number of imide groups is 2. The maximum atomic E-state index is 13.0. The van der Waals surface area contributed by atoms with E-state index in [0.29, 0.717) is 13.2 Å². The Morgan fingerprint density at radius 2 is 1.79 bits per heavy atom. The van der Waals surface area contributed by atoms with Gasteiger partial charge < -0.3 is 14.8 Å². The van der Waals surface area contributed by atoms with E-state index >= 15 is 0 Å². The first-order chi connectivity index (χ1) is 15.9. The van der Waals surface area contributed by atoms with Gasteiger partial charge in [-0.25, -0.2) is 0 Å². The second-order valence-electron chi connectivity index (χ2n) is 7.59. The van der Waals surface area contributed by atoms with Crippen LogP contribution >= 0.6 is 22.6 Å². The van der Waals surface area contributed by atoms with Crippen LogP contribution in [0.25, 0.3) is 0 Å². The SMILES string of the molecule is O=C1CCC(N2C(=O)c3cccc(NC(=O)CCOCCCOCCCI)c3C2=O)C(=O)N1. The zero-order valence-corrected chi connectivity index (χ0v) is 20.2. The van der Waals surface area contributed by atoms with Crippen molar-refractivity contribution in [2.75, 3.05) is 36.2 Å². The summed E-state index contributed by atoms with van der Waals surface area (Å²) in [6, 6.07) is 3.51. The van der Waals surface area contributed by atoms with E-state index in [9.17, 15) is 24.0 Å². The molecule has 10 nitrogen and oxygen atoms in total. The van der Waals surface area contributed by atoms with Crippen molar-refractivity contribution in [2.24, 2.45) is 0 Å². The number of benzene rings is 1. The molecule has 3 rings (SSSR count). The Morgan fingerprint density at radius 1 is 1.06 bits per heavy atom. The van der Waals surface area contributed by atoms with Crippen LogP contribution in [0.5, 0.6) is 0 Å². The van der Waals surface area contributed by atoms with Crippen LogP contribution < -0.4 is 10.6 Å². The summed E-state index contributed by atoms with van der Waals surface area (Å²) in [6.07, 6.45) is 1.95. The Hall–Kier alpha value is -2.38. The van der Waals surface area contributed by atoms with E-state index in [4.69, 9.17) is 9.47 Å². The number of ether oxygens (including phenoxy) is 2. The van der Waals surface area contributed by atoms with Crippen LogP contribution in [0, 0.1) is 0 Å². The Bertz CT molecular complexity index is 937. The first-order valence-electron chi connectivity index (χ1n) is 10.8. The van der Waals surface area contributed by atoms with Crippen molar-refractivity contribution in [3.63, 3.8) is 0 Å². The Balaban J connectivity index is 1.52. The summed E-state index contributed by atoms with van der Waals surface area (Å²) >= 11 is 2.30. The molecule has 33 heavy (non-hydrogen) atoms. The zero-order chi connectivity index (χ0) is 23.8. The van der Waals surface area contributed by atoms with Crippen molar-refractivity contribution < 1.29 is 33.4 Å². The molecule has 1 aromatic rings. The van der Waals surface area contributed by atoms with Crippen molar-refractivity contribution in [1.82, 2.24) is 10.2 Å². The van der Waals surface area contributed by atoms with Crippen LogP contribution in [0.3, 0.4) is 0 Å². The molecule has 178 valence electrons. The van der Waals surface area contributed by atoms with Gasteiger partial charge in [0, 0.05) is 30.7 Å². The third kappa shape index (κ3) is 6.36. The number of halogens is 1. The third-order valence-electron chi connectivity index (χ3n) is 5.22. The highest BCUT2D eigenvalue weighted by Crippen LogP contribution is 2.32. The normalized spacial score (nSPS) is 17.8. The molecule has 1 saturated heterocycles. The lowest BCUT2D eigenvalue weighted by Crippen LogP contribution is -2.54. The van der Waals surface area contributed by atoms with Crippen LogP contribution in [0.4, 0.5) is 5.69 Å². The Labute approximate surface area is 204 Å². The minimum atomic E-state index is -1.06. The van der Waals surface area contributed by atoms with Gasteiger partial charge in [-0.15, -0.1) is 0 Å². The van der Waals surface area contributed by atoms with E-state index in [-0.39, 0.29) is 48.6 Å². The molecule has 1 atom stereocenters. The highest BCUT2D eigenvalue weighted by atomic mass is 127. The van der Waals surface area contributed by atoms with Gasteiger partial charge in [-0.2, -0.15) is 0 Å². The van der Waals surface area contributed by atoms with Gasteiger partial charge in [-0.05, 0) is 31.4 Å². The summed E-state index contributed by atoms with van der Waals surface area (Å²) in [5.41, 5.74) is 0.362. The number of nitrogens with one attached hydrogen (secondary N) is 2. The molecule has 2 aliphatic heterocycles. The van der Waals surface area contributed by atoms with Gasteiger partial charge in [0.25, 0.3) is 11.8 Å². The molecule has 0 aliphatic carbocycles. The predicted molar refractivity (Wildman–Crippen MR) is 126 cm³/mol. The number of carbonyl (C=O) groups is 5. The summed E-state index contributed by atoms with van der Waals surface area (Å²) in [4.78, 5) is 62.6. The summed E-state index contributed by atoms with van der Waals surface area (Å²) in [6.45, 7) is 2.03. The minimum Gasteiger partial charge on any atom is -0.381 e. The Morgan fingerprint density at radius 3 is 2.52 bits per heavy atom. The highest BCUT2D eigenvalue weighted by Gasteiger charge is 2.45. The smallest absolute Gasteiger partial charge is 0.264 e. The van der Waals surface area contributed by atoms with Gasteiger partial charge in [-0.3, -0.25) is 34.2 Å². The summed E-state index contributed by atoms with van der Waals surface area (Å²) in [5, 5.41) is 4.82. The van der Waals surface area contributed by atoms with Crippen LogP contribution in [0.2, 0.25) is 0 Å². The summed E-state index contributed by atoms with van der Waals surface area (Å²) in [7, 11) is 0. The average molecular weight is 571 g/mol. The quantitative estimate of drug-likeness (QED) is 0.169. The highest BCUT2D eigenvalue weighted by molar-refractivity contribution is 14.1. The molecule has 2 aliphatic rings. The zero-order valence-electron chi connectivity index (χ0n) is 18.1. The van der Waals surface area contributed by atoms with Crippen LogP contribution in [0.15, 0.2) is 18.2 Å². The molecule has 5 amide bonds. The lowest BCUT2D eigenvalue weighted by atomic mass is 10.0. The van der Waals surface area contributed by atoms with Gasteiger partial charge in [0.1, 0.15) is 6.04 Å². The molecule has 2 N–H and O–H groups in total. The van der Waals surface area contributed by atoms with Gasteiger partial charge in [-0.1, -0.05) is 28.7 Å². The Kier molecular flexibility index (Phi) is 9.32. The van der Waals surface area contributed by atoms with Crippen molar-refractivity contribution in [1.29, 1.82) is 0 Å². The number of carbonyl (C=O) groups excluding carboxylic acids is 5. The second kappa shape index (κ2) is 12.2. The van der Waals surface area contributed by atoms with Crippen LogP contribution in [-0.2, 0) is 23.9 Å². The molecular weight excluding hydrogens is 545 g/mol. The molecule has 0 aromatic heterocycles. The summed E-state index contributed by atoms with van der Waals surface area (Å²) in [5.74, 6) is -2.77. The number of rotatable bonds is 12. The number of anilines is 1. The molecule has 0 saturated carbocycles. The molecule has 1 aromatic carbocycles. The standard InChI is InChI=1S/C22H26IN3O7/c23-9-2-10-32-11-3-12-33-13-8-18(28)24-15-5-1-4-14-19(15)22(31)26(21(14)30)16-6-7-17(27)25-20(16)29/h1,4-5,16H,2-3,6-13H2,(H,24,28)(H,25,27,29). The number of nitrogens with zero attached hydrogens (tertiary/aromatic N) is 1. The van der Waals surface area contributed by atoms with Gasteiger partial charge >= 0.3 is 0 Å². The fraction of sp³-hybridized carbons (Fsp3) is 0.500. The minimum absolute atomic E-state index is 0.0397. The molecule has 0 bridgehead atoms. The van der Waals surface area contributed by atoms with E-state index in [2.05, 4.69) is 33.2 Å². The number of fused-ring (bicyclic) bond motifs is 1. The maximum Gasteiger partial charge on any atom is 0.264 e. The van der Waals surface area contributed by atoms with Crippen LogP contribution in [-0.4, -0.2) is 71.3 Å². The fourth-order valence-corrected chi connectivity index (χ4v) is 3.93. The van der Waals surface area contributed by atoms with Gasteiger partial charge in [0.05, 0.1) is 29.8 Å². The predicted octanol–water partition coefficient (Wildman–Crippen LogP) is 1.66. The average Bonchev–Trinajstić information content (AvgIpc) is 3.04. The third-order valence-corrected chi connectivity index (χ3v) is 5.98. The van der Waals surface area contributed by atoms with E-state index in [0.717, 1.165) is 28.8 Å². The topological polar surface area (TPSA) is 131 Å². The lowest BCUT2D eigenvalue weighted by Gasteiger charge is -2.27. The molecule has 2 heterocycles. The second-order valence-corrected chi connectivity index (χ2v) is 8.67. The number of hydrogen-bond acceptors (Lipinski definition) is 7. The number of piperidine rings is 1. The summed E-state index contributed by atoms with van der Waals surface area (Å²) < 4.78 is 11.9. The molecule has 0 radical (unpaired) electrons. The maximum absolute atomic E-state index is 13.0. The number of hydrogen-bond donors (Lipinski definition) is 2. The monoisotopic (exact) mass is 571 g/mol. The van der Waals surface area contributed by atoms with Crippen molar-refractivity contribution in [3.8, 4) is 0 Å². The number of alkyl halides is 1. The molecule has 1 unspecified atom stereocenters. The van der Waals surface area contributed by atoms with E-state index in [1.54, 1.807) is 6.07 Å². The van der Waals surface area contributed by atoms with Gasteiger partial charge in [0.15, 0.2) is 0 Å². The van der Waals surface area contributed by atoms with Crippen LogP contribution in [0.1, 0.15) is 52.8 Å². The van der Waals surface area contributed by atoms with E-state index < -0.39 is 29.7 Å². The van der Waals surface area contributed by atoms with E-state index in [1.807, 2.05) is 0 Å². The molecule has 0 spiro atoms. The van der Waals surface area contributed by atoms with Crippen molar-refractivity contribution in [2.45, 2.75) is 38.1 Å². The number of amides is 5. The molecule has 11 heteroatoms. The molecule has 1 fully saturated rings. The first-order valence-corrected chi connectivity index (χ1v) is 12.3. The molecular formula is C22H26IN3O7. The lowest BCUT2D eigenvalue weighted by molar-refractivity contribution is -0.136. The fourth-order valence-electron chi connectivity index (χ4n) is 3.62. The van der Waals surface area contributed by atoms with E-state index in [1.165, 1.54) is 12.1 Å². The first kappa shape index (κ1) is 25.2. The van der Waals surface area contributed by atoms with Gasteiger partial charge in [0.2, 0.25) is 17.7 Å². The van der Waals surface area contributed by atoms with Crippen molar-refractivity contribution >= 4 is 57.8 Å².